The van der Waals surface area contributed by atoms with Crippen molar-refractivity contribution in [1.82, 2.24) is 15.5 Å². The Morgan fingerprint density at radius 1 is 1.20 bits per heavy atom. The van der Waals surface area contributed by atoms with Crippen molar-refractivity contribution in [3.63, 3.8) is 0 Å². The molecule has 1 heterocycles. The first-order chi connectivity index (χ1) is 12.3. The van der Waals surface area contributed by atoms with Gasteiger partial charge >= 0.3 is 0 Å². The predicted octanol–water partition coefficient (Wildman–Crippen LogP) is 1.61. The van der Waals surface area contributed by atoms with Gasteiger partial charge < -0.3 is 20.1 Å². The zero-order valence-corrected chi connectivity index (χ0v) is 15.6. The predicted molar refractivity (Wildman–Crippen MR) is 102 cm³/mol. The average Bonchev–Trinajstić information content (AvgIpc) is 2.66. The van der Waals surface area contributed by atoms with Crippen LogP contribution in [0.2, 0.25) is 0 Å². The molecule has 0 unspecified atom stereocenters. The maximum Gasteiger partial charge on any atom is 0.191 e. The Hall–Kier alpha value is -1.63. The van der Waals surface area contributed by atoms with Crippen LogP contribution in [0.15, 0.2) is 29.3 Å². The van der Waals surface area contributed by atoms with Crippen molar-refractivity contribution in [1.29, 1.82) is 0 Å². The fraction of sp³-hybridized carbons (Fsp3) is 0.632. The molecule has 0 radical (unpaired) electrons. The van der Waals surface area contributed by atoms with Crippen LogP contribution in [0.5, 0.6) is 0 Å². The molecule has 2 N–H and O–H groups in total. The molecule has 0 saturated carbocycles. The third kappa shape index (κ3) is 7.42. The number of nitrogens with one attached hydrogen (secondary N) is 2. The van der Waals surface area contributed by atoms with Crippen LogP contribution in [0.3, 0.4) is 0 Å². The first-order valence-corrected chi connectivity index (χ1v) is 9.22. The summed E-state index contributed by atoms with van der Waals surface area (Å²) in [6.45, 7) is 9.90. The molecule has 1 saturated heterocycles. The summed E-state index contributed by atoms with van der Waals surface area (Å²) in [6.07, 6.45) is 1.04. The molecule has 0 amide bonds. The van der Waals surface area contributed by atoms with Gasteiger partial charge in [0, 0.05) is 46.4 Å². The highest BCUT2D eigenvalue weighted by atomic mass is 16.5. The molecule has 6 heteroatoms. The number of nitrogens with zero attached hydrogens (tertiary/aromatic N) is 2. The number of guanidine groups is 1. The van der Waals surface area contributed by atoms with Crippen LogP contribution in [0.1, 0.15) is 24.5 Å². The van der Waals surface area contributed by atoms with E-state index in [2.05, 4.69) is 51.7 Å². The summed E-state index contributed by atoms with van der Waals surface area (Å²) in [5, 5.41) is 6.78. The van der Waals surface area contributed by atoms with Crippen molar-refractivity contribution in [2.45, 2.75) is 26.5 Å². The van der Waals surface area contributed by atoms with E-state index in [-0.39, 0.29) is 0 Å². The minimum atomic E-state index is 0.661. The monoisotopic (exact) mass is 348 g/mol. The van der Waals surface area contributed by atoms with Crippen molar-refractivity contribution in [2.75, 3.05) is 53.0 Å². The van der Waals surface area contributed by atoms with Crippen molar-refractivity contribution in [3.8, 4) is 0 Å². The van der Waals surface area contributed by atoms with Gasteiger partial charge in [-0.05, 0) is 17.5 Å². The highest BCUT2D eigenvalue weighted by Gasteiger charge is 2.10. The van der Waals surface area contributed by atoms with Gasteiger partial charge in [0.05, 0.1) is 19.8 Å². The maximum absolute atomic E-state index is 5.69. The molecule has 0 spiro atoms. The van der Waals surface area contributed by atoms with Crippen molar-refractivity contribution in [2.24, 2.45) is 4.99 Å². The lowest BCUT2D eigenvalue weighted by atomic mass is 10.1. The van der Waals surface area contributed by atoms with E-state index in [1.54, 1.807) is 7.05 Å². The number of ether oxygens (including phenoxy) is 2. The van der Waals surface area contributed by atoms with E-state index in [9.17, 15) is 0 Å². The van der Waals surface area contributed by atoms with E-state index in [4.69, 9.17) is 9.47 Å². The van der Waals surface area contributed by atoms with E-state index >= 15 is 0 Å². The summed E-state index contributed by atoms with van der Waals surface area (Å²) >= 11 is 0. The Bertz CT molecular complexity index is 516. The largest absolute Gasteiger partial charge is 0.379 e. The van der Waals surface area contributed by atoms with Crippen LogP contribution >= 0.6 is 0 Å². The van der Waals surface area contributed by atoms with Crippen LogP contribution in [0, 0.1) is 0 Å². The molecule has 1 fully saturated rings. The van der Waals surface area contributed by atoms with Gasteiger partial charge in [-0.1, -0.05) is 31.2 Å². The Kier molecular flexibility index (Phi) is 9.33. The second-order valence-electron chi connectivity index (χ2n) is 6.13. The highest BCUT2D eigenvalue weighted by Crippen LogP contribution is 2.10. The van der Waals surface area contributed by atoms with E-state index in [0.29, 0.717) is 6.61 Å². The summed E-state index contributed by atoms with van der Waals surface area (Å²) < 4.78 is 11.1. The molecule has 1 aliphatic rings. The smallest absolute Gasteiger partial charge is 0.191 e. The summed E-state index contributed by atoms with van der Waals surface area (Å²) in [7, 11) is 1.81. The normalized spacial score (nSPS) is 16.0. The fourth-order valence-corrected chi connectivity index (χ4v) is 2.75. The van der Waals surface area contributed by atoms with Crippen molar-refractivity contribution in [3.05, 3.63) is 35.4 Å². The summed E-state index contributed by atoms with van der Waals surface area (Å²) in [6, 6.07) is 8.39. The van der Waals surface area contributed by atoms with E-state index < -0.39 is 0 Å². The van der Waals surface area contributed by atoms with E-state index in [0.717, 1.165) is 64.9 Å². The number of aliphatic imine (C=N–C) groups is 1. The van der Waals surface area contributed by atoms with Gasteiger partial charge in [0.1, 0.15) is 0 Å². The molecule has 2 rings (SSSR count). The van der Waals surface area contributed by atoms with Gasteiger partial charge in [0.15, 0.2) is 5.96 Å². The van der Waals surface area contributed by atoms with E-state index in [1.165, 1.54) is 11.1 Å². The van der Waals surface area contributed by atoms with E-state index in [1.807, 2.05) is 0 Å². The Morgan fingerprint density at radius 2 is 1.96 bits per heavy atom. The van der Waals surface area contributed by atoms with Crippen LogP contribution in [0.25, 0.3) is 0 Å². The number of hydrogen-bond acceptors (Lipinski definition) is 4. The average molecular weight is 348 g/mol. The second kappa shape index (κ2) is 11.8. The topological polar surface area (TPSA) is 58.1 Å². The second-order valence-corrected chi connectivity index (χ2v) is 6.13. The molecular weight excluding hydrogens is 316 g/mol. The summed E-state index contributed by atoms with van der Waals surface area (Å²) in [4.78, 5) is 6.72. The first kappa shape index (κ1) is 19.7. The number of rotatable bonds is 9. The molecule has 0 bridgehead atoms. The molecule has 1 aromatic carbocycles. The fourth-order valence-electron chi connectivity index (χ4n) is 2.75. The number of benzene rings is 1. The quantitative estimate of drug-likeness (QED) is 0.403. The van der Waals surface area contributed by atoms with Crippen LogP contribution in [-0.4, -0.2) is 63.9 Å². The molecular formula is C19H32N4O2. The lowest BCUT2D eigenvalue weighted by Crippen LogP contribution is -2.44. The van der Waals surface area contributed by atoms with Crippen molar-refractivity contribution < 1.29 is 9.47 Å². The molecule has 1 aromatic rings. The first-order valence-electron chi connectivity index (χ1n) is 9.22. The standard InChI is InChI=1S/C19H32N4O2/c1-3-12-25-16-18-7-5-4-6-17(18)15-22-19(20-2)21-8-9-23-10-13-24-14-11-23/h4-7H,3,8-16H2,1-2H3,(H2,20,21,22). The highest BCUT2D eigenvalue weighted by molar-refractivity contribution is 5.79. The Morgan fingerprint density at radius 3 is 2.68 bits per heavy atom. The van der Waals surface area contributed by atoms with Crippen LogP contribution < -0.4 is 10.6 Å². The molecule has 0 atom stereocenters. The summed E-state index contributed by atoms with van der Waals surface area (Å²) in [5.41, 5.74) is 2.47. The zero-order valence-electron chi connectivity index (χ0n) is 15.6. The lowest BCUT2D eigenvalue weighted by molar-refractivity contribution is 0.0389. The Labute approximate surface area is 151 Å². The number of morpholine rings is 1. The Balaban J connectivity index is 1.74. The van der Waals surface area contributed by atoms with Crippen LogP contribution in [0.4, 0.5) is 0 Å². The van der Waals surface area contributed by atoms with Gasteiger partial charge in [-0.2, -0.15) is 0 Å². The zero-order chi connectivity index (χ0) is 17.7. The molecule has 140 valence electrons. The molecule has 0 aliphatic carbocycles. The van der Waals surface area contributed by atoms with Gasteiger partial charge in [-0.25, -0.2) is 0 Å². The third-order valence-corrected chi connectivity index (χ3v) is 4.22. The van der Waals surface area contributed by atoms with Gasteiger partial charge in [0.2, 0.25) is 0 Å². The molecule has 25 heavy (non-hydrogen) atoms. The SMILES string of the molecule is CCCOCc1ccccc1CNC(=NC)NCCN1CCOCC1. The van der Waals surface area contributed by atoms with Gasteiger partial charge in [-0.3, -0.25) is 9.89 Å². The van der Waals surface area contributed by atoms with Gasteiger partial charge in [0.25, 0.3) is 0 Å². The maximum atomic E-state index is 5.69. The minimum Gasteiger partial charge on any atom is -0.379 e. The van der Waals surface area contributed by atoms with Gasteiger partial charge in [-0.15, -0.1) is 0 Å². The summed E-state index contributed by atoms with van der Waals surface area (Å²) in [5.74, 6) is 0.831. The van der Waals surface area contributed by atoms with Crippen molar-refractivity contribution >= 4 is 5.96 Å². The molecule has 6 nitrogen and oxygen atoms in total. The molecule has 0 aromatic heterocycles. The van der Waals surface area contributed by atoms with Crippen LogP contribution in [-0.2, 0) is 22.6 Å². The lowest BCUT2D eigenvalue weighted by Gasteiger charge is -2.26. The number of hydrogen-bond donors (Lipinski definition) is 2. The molecule has 1 aliphatic heterocycles. The minimum absolute atomic E-state index is 0.661. The third-order valence-electron chi connectivity index (χ3n) is 4.22.